The van der Waals surface area contributed by atoms with Gasteiger partial charge in [-0.15, -0.1) is 0 Å². The van der Waals surface area contributed by atoms with E-state index in [1.54, 1.807) is 19.2 Å². The number of anilines is 1. The van der Waals surface area contributed by atoms with Gasteiger partial charge in [-0.05, 0) is 42.3 Å². The van der Waals surface area contributed by atoms with Crippen LogP contribution in [0.5, 0.6) is 0 Å². The molecule has 0 atom stereocenters. The van der Waals surface area contributed by atoms with Crippen molar-refractivity contribution in [2.45, 2.75) is 27.3 Å². The Morgan fingerprint density at radius 3 is 2.21 bits per heavy atom. The first-order valence-electron chi connectivity index (χ1n) is 9.24. The summed E-state index contributed by atoms with van der Waals surface area (Å²) in [5.41, 5.74) is 9.82. The number of methoxy groups -OCH3 is 2. The first-order chi connectivity index (χ1) is 13.8. The second-order valence-electron chi connectivity index (χ2n) is 6.04. The molecule has 0 aliphatic heterocycles. The van der Waals surface area contributed by atoms with Gasteiger partial charge in [0.05, 0.1) is 25.3 Å². The van der Waals surface area contributed by atoms with Gasteiger partial charge < -0.3 is 20.1 Å². The molecular weight excluding hydrogens is 368 g/mol. The smallest absolute Gasteiger partial charge is 0.409 e. The summed E-state index contributed by atoms with van der Waals surface area (Å²) < 4.78 is 9.49. The van der Waals surface area contributed by atoms with Crippen molar-refractivity contribution in [2.75, 3.05) is 27.0 Å². The Kier molecular flexibility index (Phi) is 9.27. The van der Waals surface area contributed by atoms with E-state index in [1.165, 1.54) is 19.1 Å². The third-order valence-corrected chi connectivity index (χ3v) is 3.91. The van der Waals surface area contributed by atoms with Gasteiger partial charge in [-0.3, -0.25) is 0 Å². The summed E-state index contributed by atoms with van der Waals surface area (Å²) >= 11 is 0. The van der Waals surface area contributed by atoms with Gasteiger partial charge in [0.25, 0.3) is 0 Å². The van der Waals surface area contributed by atoms with Crippen LogP contribution in [-0.4, -0.2) is 38.2 Å². The molecule has 0 aliphatic carbocycles. The van der Waals surface area contributed by atoms with E-state index >= 15 is 0 Å². The number of nitrogens with two attached hydrogens (primary N) is 1. The lowest BCUT2D eigenvalue weighted by Gasteiger charge is -2.15. The molecule has 0 fully saturated rings. The van der Waals surface area contributed by atoms with Crippen LogP contribution in [-0.2, 0) is 16.0 Å². The van der Waals surface area contributed by atoms with Crippen molar-refractivity contribution < 1.29 is 19.1 Å². The van der Waals surface area contributed by atoms with Crippen LogP contribution >= 0.6 is 0 Å². The normalized spacial score (nSPS) is 9.31. The third kappa shape index (κ3) is 6.58. The van der Waals surface area contributed by atoms with E-state index in [4.69, 9.17) is 10.5 Å². The Labute approximate surface area is 172 Å². The van der Waals surface area contributed by atoms with Gasteiger partial charge in [-0.25, -0.2) is 9.59 Å². The van der Waals surface area contributed by atoms with E-state index in [-0.39, 0.29) is 0 Å². The van der Waals surface area contributed by atoms with Gasteiger partial charge in [0.15, 0.2) is 0 Å². The number of rotatable bonds is 3. The van der Waals surface area contributed by atoms with Crippen LogP contribution in [0.1, 0.15) is 46.5 Å². The minimum Gasteiger partial charge on any atom is -0.465 e. The summed E-state index contributed by atoms with van der Waals surface area (Å²) in [5, 5.41) is 0. The summed E-state index contributed by atoms with van der Waals surface area (Å²) in [4.78, 5) is 24.9. The van der Waals surface area contributed by atoms with Gasteiger partial charge >= 0.3 is 12.1 Å². The van der Waals surface area contributed by atoms with E-state index in [0.29, 0.717) is 23.4 Å². The molecule has 0 saturated heterocycles. The lowest BCUT2D eigenvalue weighted by molar-refractivity contribution is 0.0600. The first-order valence-corrected chi connectivity index (χ1v) is 9.24. The van der Waals surface area contributed by atoms with Gasteiger partial charge in [0.1, 0.15) is 0 Å². The van der Waals surface area contributed by atoms with Crippen molar-refractivity contribution in [3.63, 3.8) is 0 Å². The molecule has 0 bridgehead atoms. The topological polar surface area (TPSA) is 81.9 Å². The van der Waals surface area contributed by atoms with Crippen molar-refractivity contribution in [3.05, 3.63) is 64.2 Å². The third-order valence-electron chi connectivity index (χ3n) is 3.91. The fraction of sp³-hybridized carbons (Fsp3) is 0.304. The number of hydrogen-bond donors (Lipinski definition) is 1. The maximum absolute atomic E-state index is 12.0. The number of amides is 1. The highest BCUT2D eigenvalue weighted by atomic mass is 16.5. The molecule has 0 spiro atoms. The van der Waals surface area contributed by atoms with Crippen molar-refractivity contribution in [1.29, 1.82) is 0 Å². The van der Waals surface area contributed by atoms with Crippen LogP contribution in [0.25, 0.3) is 0 Å². The van der Waals surface area contributed by atoms with E-state index < -0.39 is 12.1 Å². The van der Waals surface area contributed by atoms with Gasteiger partial charge in [0, 0.05) is 24.8 Å². The molecule has 2 aromatic carbocycles. The molecule has 2 aromatic rings. The van der Waals surface area contributed by atoms with Crippen LogP contribution in [0.15, 0.2) is 36.4 Å². The van der Waals surface area contributed by atoms with E-state index in [0.717, 1.165) is 16.7 Å². The Bertz CT molecular complexity index is 909. The summed E-state index contributed by atoms with van der Waals surface area (Å²) in [7, 11) is 4.33. The Morgan fingerprint density at radius 1 is 1.03 bits per heavy atom. The minimum absolute atomic E-state index is 0.346. The van der Waals surface area contributed by atoms with Crippen LogP contribution in [0.3, 0.4) is 0 Å². The van der Waals surface area contributed by atoms with Crippen LogP contribution in [0.4, 0.5) is 10.5 Å². The van der Waals surface area contributed by atoms with Crippen LogP contribution in [0.2, 0.25) is 0 Å². The number of hydrogen-bond acceptors (Lipinski definition) is 5. The second kappa shape index (κ2) is 11.4. The quantitative estimate of drug-likeness (QED) is 0.482. The van der Waals surface area contributed by atoms with Crippen molar-refractivity contribution in [3.8, 4) is 11.8 Å². The number of carbonyl (C=O) groups excluding carboxylic acids is 2. The number of aryl methyl sites for hydroxylation is 1. The second-order valence-corrected chi connectivity index (χ2v) is 6.04. The maximum Gasteiger partial charge on any atom is 0.409 e. The van der Waals surface area contributed by atoms with Gasteiger partial charge in [-0.1, -0.05) is 37.8 Å². The fourth-order valence-corrected chi connectivity index (χ4v) is 2.55. The number of esters is 1. The number of ether oxygens (including phenoxy) is 2. The molecule has 6 nitrogen and oxygen atoms in total. The molecule has 0 aromatic heterocycles. The lowest BCUT2D eigenvalue weighted by atomic mass is 10.0. The zero-order valence-corrected chi connectivity index (χ0v) is 17.8. The SMILES string of the molecule is CC.COC(=O)c1cc(C)cc(N)c1C#Cc1ccc(CN(C)C(=O)OC)cc1. The van der Waals surface area contributed by atoms with Crippen molar-refractivity contribution in [1.82, 2.24) is 4.90 Å². The molecule has 29 heavy (non-hydrogen) atoms. The average Bonchev–Trinajstić information content (AvgIpc) is 2.73. The molecular formula is C23H28N2O4. The summed E-state index contributed by atoms with van der Waals surface area (Å²) in [6, 6.07) is 10.9. The number of nitrogen functional groups attached to an aromatic ring is 1. The Hall–Kier alpha value is -3.46. The molecule has 6 heteroatoms. The Morgan fingerprint density at radius 2 is 1.66 bits per heavy atom. The summed E-state index contributed by atoms with van der Waals surface area (Å²) in [6.07, 6.45) is -0.399. The zero-order valence-electron chi connectivity index (χ0n) is 17.8. The lowest BCUT2D eigenvalue weighted by Crippen LogP contribution is -2.25. The highest BCUT2D eigenvalue weighted by Crippen LogP contribution is 2.20. The zero-order chi connectivity index (χ0) is 22.0. The van der Waals surface area contributed by atoms with Crippen molar-refractivity contribution in [2.24, 2.45) is 0 Å². The van der Waals surface area contributed by atoms with Gasteiger partial charge in [0.2, 0.25) is 0 Å². The molecule has 154 valence electrons. The summed E-state index contributed by atoms with van der Waals surface area (Å²) in [6.45, 7) is 6.28. The number of carbonyl (C=O) groups is 2. The highest BCUT2D eigenvalue weighted by Gasteiger charge is 2.14. The fourth-order valence-electron chi connectivity index (χ4n) is 2.55. The predicted molar refractivity (Wildman–Crippen MR) is 115 cm³/mol. The molecule has 0 aliphatic rings. The molecule has 0 unspecified atom stereocenters. The van der Waals surface area contributed by atoms with Crippen molar-refractivity contribution >= 4 is 17.7 Å². The molecule has 0 heterocycles. The largest absolute Gasteiger partial charge is 0.465 e. The van der Waals surface area contributed by atoms with Crippen LogP contribution < -0.4 is 5.73 Å². The van der Waals surface area contributed by atoms with Gasteiger partial charge in [-0.2, -0.15) is 0 Å². The van der Waals surface area contributed by atoms with E-state index in [2.05, 4.69) is 16.6 Å². The standard InChI is InChI=1S/C21H22N2O4.C2H6/c1-14-11-18(20(24)26-3)17(19(22)12-14)10-9-15-5-7-16(8-6-15)13-23(2)21(25)27-4;1-2/h5-8,11-12H,13,22H2,1-4H3;1-2H3. The average molecular weight is 396 g/mol. The highest BCUT2D eigenvalue weighted by molar-refractivity contribution is 5.94. The molecule has 1 amide bonds. The molecule has 0 radical (unpaired) electrons. The predicted octanol–water partition coefficient (Wildman–Crippen LogP) is 3.99. The first kappa shape index (κ1) is 23.6. The monoisotopic (exact) mass is 396 g/mol. The molecule has 2 rings (SSSR count). The van der Waals surface area contributed by atoms with Crippen LogP contribution in [0, 0.1) is 18.8 Å². The van der Waals surface area contributed by atoms with E-state index in [1.807, 2.05) is 45.0 Å². The number of nitrogens with zero attached hydrogens (tertiary/aromatic N) is 1. The number of benzene rings is 2. The molecule has 2 N–H and O–H groups in total. The Balaban J connectivity index is 0.00000204. The summed E-state index contributed by atoms with van der Waals surface area (Å²) in [5.74, 6) is 5.50. The molecule has 0 saturated carbocycles. The maximum atomic E-state index is 12.0. The van der Waals surface area contributed by atoms with E-state index in [9.17, 15) is 9.59 Å². The minimum atomic E-state index is -0.476.